The van der Waals surface area contributed by atoms with Crippen LogP contribution in [-0.2, 0) is 33.4 Å². The largest absolute Gasteiger partial charge is 0.416 e. The molecule has 0 fully saturated rings. The number of aryl methyl sites for hydroxylation is 1. The third-order valence-corrected chi connectivity index (χ3v) is 5.04. The van der Waals surface area contributed by atoms with Crippen LogP contribution in [0.25, 0.3) is 22.2 Å². The number of hydrogen-bond acceptors (Lipinski definition) is 3. The molecule has 9 heteroatoms. The molecular weight excluding hydrogens is 361 g/mol. The zero-order valence-electron chi connectivity index (χ0n) is 14.7. The highest BCUT2D eigenvalue weighted by atomic mass is 19.4. The van der Waals surface area contributed by atoms with Crippen molar-refractivity contribution in [3.05, 3.63) is 56.4 Å². The van der Waals surface area contributed by atoms with E-state index in [-0.39, 0.29) is 5.39 Å². The first-order valence-electron chi connectivity index (χ1n) is 8.41. The van der Waals surface area contributed by atoms with Gasteiger partial charge in [0.25, 0.3) is 5.56 Å². The van der Waals surface area contributed by atoms with Crippen molar-refractivity contribution in [1.29, 1.82) is 0 Å². The van der Waals surface area contributed by atoms with Gasteiger partial charge in [0.15, 0.2) is 0 Å². The summed E-state index contributed by atoms with van der Waals surface area (Å²) < 4.78 is 43.8. The molecule has 0 atom stereocenters. The molecule has 1 N–H and O–H groups in total. The van der Waals surface area contributed by atoms with E-state index < -0.39 is 23.0 Å². The molecule has 27 heavy (non-hydrogen) atoms. The fourth-order valence-electron chi connectivity index (χ4n) is 3.76. The Morgan fingerprint density at radius 2 is 1.85 bits per heavy atom. The van der Waals surface area contributed by atoms with Crippen LogP contribution in [0.5, 0.6) is 0 Å². The van der Waals surface area contributed by atoms with Gasteiger partial charge in [-0.2, -0.15) is 13.2 Å². The van der Waals surface area contributed by atoms with E-state index in [0.29, 0.717) is 36.4 Å². The van der Waals surface area contributed by atoms with Crippen molar-refractivity contribution in [2.24, 2.45) is 14.1 Å². The Morgan fingerprint density at radius 3 is 2.56 bits per heavy atom. The fourth-order valence-corrected chi connectivity index (χ4v) is 3.76. The smallest absolute Gasteiger partial charge is 0.340 e. The Kier molecular flexibility index (Phi) is 3.81. The third-order valence-electron chi connectivity index (χ3n) is 5.04. The highest BCUT2D eigenvalue weighted by Gasteiger charge is 2.32. The van der Waals surface area contributed by atoms with Crippen molar-refractivity contribution in [1.82, 2.24) is 19.0 Å². The zero-order valence-corrected chi connectivity index (χ0v) is 14.7. The van der Waals surface area contributed by atoms with Crippen LogP contribution in [0.2, 0.25) is 0 Å². The van der Waals surface area contributed by atoms with Gasteiger partial charge in [-0.05, 0) is 17.7 Å². The van der Waals surface area contributed by atoms with E-state index in [2.05, 4.69) is 5.32 Å². The lowest BCUT2D eigenvalue weighted by atomic mass is 10.1. The Morgan fingerprint density at radius 1 is 1.11 bits per heavy atom. The van der Waals surface area contributed by atoms with Gasteiger partial charge in [0.1, 0.15) is 0 Å². The molecule has 0 radical (unpaired) electrons. The number of fused-ring (bicyclic) bond motifs is 3. The standard InChI is InChI=1S/C18H17F3N4O2/c1-23-15-12-9-22-6-7-25(12)14(13(15)16(26)24(2)17(23)27)10-4-3-5-11(8-10)18(19,20)21/h3-5,8,22H,6-7,9H2,1-2H3. The van der Waals surface area contributed by atoms with Crippen LogP contribution in [0, 0.1) is 0 Å². The van der Waals surface area contributed by atoms with Crippen LogP contribution in [0.15, 0.2) is 33.9 Å². The highest BCUT2D eigenvalue weighted by Crippen LogP contribution is 2.36. The average molecular weight is 378 g/mol. The topological polar surface area (TPSA) is 61.0 Å². The lowest BCUT2D eigenvalue weighted by molar-refractivity contribution is -0.137. The first kappa shape index (κ1) is 17.6. The van der Waals surface area contributed by atoms with Crippen LogP contribution in [-0.4, -0.2) is 20.2 Å². The number of benzene rings is 1. The molecule has 0 amide bonds. The van der Waals surface area contributed by atoms with Gasteiger partial charge in [-0.15, -0.1) is 0 Å². The van der Waals surface area contributed by atoms with Crippen LogP contribution in [0.3, 0.4) is 0 Å². The SMILES string of the molecule is Cn1c(=O)c2c(-c3cccc(C(F)(F)F)c3)n3c(c2n(C)c1=O)CNCC3. The van der Waals surface area contributed by atoms with Gasteiger partial charge >= 0.3 is 11.9 Å². The van der Waals surface area contributed by atoms with E-state index in [1.807, 2.05) is 4.57 Å². The minimum atomic E-state index is -4.48. The summed E-state index contributed by atoms with van der Waals surface area (Å²) in [5.74, 6) is 0. The van der Waals surface area contributed by atoms with E-state index in [1.165, 1.54) is 17.7 Å². The molecule has 0 aliphatic carbocycles. The molecule has 0 unspecified atom stereocenters. The van der Waals surface area contributed by atoms with E-state index in [0.717, 1.165) is 22.4 Å². The number of alkyl halides is 3. The molecule has 0 bridgehead atoms. The first-order valence-corrected chi connectivity index (χ1v) is 8.41. The predicted octanol–water partition coefficient (Wildman–Crippen LogP) is 1.83. The molecule has 142 valence electrons. The molecule has 1 aromatic carbocycles. The van der Waals surface area contributed by atoms with Gasteiger partial charge in [0, 0.05) is 33.7 Å². The molecule has 2 aromatic heterocycles. The van der Waals surface area contributed by atoms with Gasteiger partial charge < -0.3 is 9.88 Å². The molecule has 1 aliphatic rings. The summed E-state index contributed by atoms with van der Waals surface area (Å²) in [7, 11) is 2.93. The number of hydrogen-bond donors (Lipinski definition) is 1. The van der Waals surface area contributed by atoms with Gasteiger partial charge in [-0.1, -0.05) is 12.1 Å². The average Bonchev–Trinajstić information content (AvgIpc) is 2.99. The summed E-state index contributed by atoms with van der Waals surface area (Å²) in [5, 5.41) is 3.45. The summed E-state index contributed by atoms with van der Waals surface area (Å²) >= 11 is 0. The van der Waals surface area contributed by atoms with Crippen molar-refractivity contribution in [2.45, 2.75) is 19.3 Å². The maximum atomic E-state index is 13.2. The number of nitrogens with one attached hydrogen (secondary N) is 1. The van der Waals surface area contributed by atoms with Crippen LogP contribution in [0.1, 0.15) is 11.3 Å². The molecule has 1 aliphatic heterocycles. The maximum Gasteiger partial charge on any atom is 0.416 e. The Labute approximate surface area is 151 Å². The molecule has 0 spiro atoms. The minimum absolute atomic E-state index is 0.262. The van der Waals surface area contributed by atoms with Crippen molar-refractivity contribution < 1.29 is 13.2 Å². The maximum absolute atomic E-state index is 13.2. The molecule has 6 nitrogen and oxygen atoms in total. The monoisotopic (exact) mass is 378 g/mol. The first-order chi connectivity index (χ1) is 12.7. The molecule has 3 heterocycles. The van der Waals surface area contributed by atoms with Gasteiger partial charge in [-0.25, -0.2) is 4.79 Å². The second-order valence-electron chi connectivity index (χ2n) is 6.63. The molecule has 4 rings (SSSR count). The van der Waals surface area contributed by atoms with Crippen LogP contribution < -0.4 is 16.6 Å². The molecular formula is C18H17F3N4O2. The second-order valence-corrected chi connectivity index (χ2v) is 6.63. The Hall–Kier alpha value is -2.81. The van der Waals surface area contributed by atoms with Crippen molar-refractivity contribution >= 4 is 10.9 Å². The molecule has 0 saturated carbocycles. The summed E-state index contributed by atoms with van der Waals surface area (Å²) in [6, 6.07) is 4.94. The summed E-state index contributed by atoms with van der Waals surface area (Å²) in [6.07, 6.45) is -4.48. The van der Waals surface area contributed by atoms with Crippen molar-refractivity contribution in [3.8, 4) is 11.3 Å². The predicted molar refractivity (Wildman–Crippen MR) is 94.6 cm³/mol. The lowest BCUT2D eigenvalue weighted by Crippen LogP contribution is -2.37. The fraction of sp³-hybridized carbons (Fsp3) is 0.333. The van der Waals surface area contributed by atoms with Gasteiger partial charge in [0.05, 0.1) is 27.9 Å². The third kappa shape index (κ3) is 2.53. The van der Waals surface area contributed by atoms with E-state index in [4.69, 9.17) is 0 Å². The lowest BCUT2D eigenvalue weighted by Gasteiger charge is -2.20. The van der Waals surface area contributed by atoms with Crippen molar-refractivity contribution in [3.63, 3.8) is 0 Å². The normalized spacial score (nSPS) is 14.6. The van der Waals surface area contributed by atoms with Crippen molar-refractivity contribution in [2.75, 3.05) is 6.54 Å². The van der Waals surface area contributed by atoms with Gasteiger partial charge in [0.2, 0.25) is 0 Å². The highest BCUT2D eigenvalue weighted by molar-refractivity contribution is 5.96. The molecule has 0 saturated heterocycles. The minimum Gasteiger partial charge on any atom is -0.340 e. The quantitative estimate of drug-likeness (QED) is 0.703. The number of aromatic nitrogens is 3. The van der Waals surface area contributed by atoms with E-state index in [1.54, 1.807) is 13.1 Å². The number of halogens is 3. The van der Waals surface area contributed by atoms with Crippen LogP contribution >= 0.6 is 0 Å². The Bertz CT molecular complexity index is 1180. The van der Waals surface area contributed by atoms with E-state index in [9.17, 15) is 22.8 Å². The van der Waals surface area contributed by atoms with E-state index >= 15 is 0 Å². The Balaban J connectivity index is 2.17. The summed E-state index contributed by atoms with van der Waals surface area (Å²) in [4.78, 5) is 25.3. The number of nitrogens with zero attached hydrogens (tertiary/aromatic N) is 3. The zero-order chi connectivity index (χ0) is 19.5. The molecule has 3 aromatic rings. The second kappa shape index (κ2) is 5.85. The van der Waals surface area contributed by atoms with Crippen LogP contribution in [0.4, 0.5) is 13.2 Å². The van der Waals surface area contributed by atoms with Gasteiger partial charge in [-0.3, -0.25) is 13.9 Å². The summed E-state index contributed by atoms with van der Waals surface area (Å²) in [5.41, 5.74) is 0.148. The number of rotatable bonds is 1. The summed E-state index contributed by atoms with van der Waals surface area (Å²) in [6.45, 7) is 1.54.